The average Bonchev–Trinajstić information content (AvgIpc) is 3.23. The van der Waals surface area contributed by atoms with E-state index in [1.807, 2.05) is 56.3 Å². The third-order valence-electron chi connectivity index (χ3n) is 5.25. The molecule has 0 saturated heterocycles. The highest BCUT2D eigenvalue weighted by atomic mass is 32.1. The number of hydrogen-bond donors (Lipinski definition) is 0. The minimum absolute atomic E-state index is 0.235. The Kier molecular flexibility index (Phi) is 6.01. The average molecular weight is 449 g/mol. The molecule has 1 heterocycles. The number of fused-ring (bicyclic) bond motifs is 1. The highest BCUT2D eigenvalue weighted by Crippen LogP contribution is 2.41. The van der Waals surface area contributed by atoms with Crippen molar-refractivity contribution in [2.45, 2.75) is 13.8 Å². The summed E-state index contributed by atoms with van der Waals surface area (Å²) in [5.74, 6) is 1.03. The van der Waals surface area contributed by atoms with E-state index in [2.05, 4.69) is 0 Å². The maximum absolute atomic E-state index is 14.0. The van der Waals surface area contributed by atoms with Crippen molar-refractivity contribution in [1.29, 1.82) is 0 Å². The number of anilines is 2. The summed E-state index contributed by atoms with van der Waals surface area (Å²) in [7, 11) is 4.59. The van der Waals surface area contributed by atoms with Crippen LogP contribution in [0.2, 0.25) is 0 Å². The molecule has 0 atom stereocenters. The molecule has 4 rings (SSSR count). The lowest BCUT2D eigenvalue weighted by molar-refractivity contribution is 0.0998. The van der Waals surface area contributed by atoms with Crippen molar-refractivity contribution in [2.75, 3.05) is 26.2 Å². The number of aromatic nitrogens is 1. The summed E-state index contributed by atoms with van der Waals surface area (Å²) < 4.78 is 17.4. The van der Waals surface area contributed by atoms with Crippen molar-refractivity contribution in [3.05, 3.63) is 71.3 Å². The lowest BCUT2D eigenvalue weighted by Crippen LogP contribution is -2.27. The molecule has 0 radical (unpaired) electrons. The lowest BCUT2D eigenvalue weighted by Gasteiger charge is -2.24. The van der Waals surface area contributed by atoms with E-state index in [0.717, 1.165) is 27.0 Å². The van der Waals surface area contributed by atoms with Gasteiger partial charge in [0.25, 0.3) is 5.91 Å². The Morgan fingerprint density at radius 2 is 1.50 bits per heavy atom. The zero-order chi connectivity index (χ0) is 22.8. The van der Waals surface area contributed by atoms with Crippen LogP contribution in [0.25, 0.3) is 10.2 Å². The number of carbonyl (C=O) groups is 1. The van der Waals surface area contributed by atoms with Crippen LogP contribution in [0.15, 0.2) is 54.6 Å². The number of ether oxygens (including phenoxy) is 3. The first-order valence-corrected chi connectivity index (χ1v) is 10.9. The van der Waals surface area contributed by atoms with Crippen molar-refractivity contribution < 1.29 is 19.0 Å². The number of aryl methyl sites for hydroxylation is 2. The van der Waals surface area contributed by atoms with Crippen molar-refractivity contribution in [3.63, 3.8) is 0 Å². The molecule has 3 aromatic carbocycles. The molecule has 0 fully saturated rings. The largest absolute Gasteiger partial charge is 0.493 e. The number of methoxy groups -OCH3 is 3. The van der Waals surface area contributed by atoms with Crippen molar-refractivity contribution >= 4 is 38.3 Å². The highest BCUT2D eigenvalue weighted by molar-refractivity contribution is 7.22. The molecule has 4 aromatic rings. The maximum atomic E-state index is 14.0. The molecule has 7 heteroatoms. The van der Waals surface area contributed by atoms with E-state index in [1.54, 1.807) is 17.0 Å². The van der Waals surface area contributed by atoms with Crippen LogP contribution in [0.3, 0.4) is 0 Å². The zero-order valence-corrected chi connectivity index (χ0v) is 19.4. The molecule has 164 valence electrons. The normalized spacial score (nSPS) is 10.8. The highest BCUT2D eigenvalue weighted by Gasteiger charge is 2.28. The van der Waals surface area contributed by atoms with Gasteiger partial charge in [0.2, 0.25) is 5.75 Å². The molecule has 0 N–H and O–H groups in total. The summed E-state index contributed by atoms with van der Waals surface area (Å²) in [5, 5.41) is 0.599. The number of rotatable bonds is 6. The summed E-state index contributed by atoms with van der Waals surface area (Å²) in [4.78, 5) is 20.5. The van der Waals surface area contributed by atoms with Gasteiger partial charge in [-0.3, -0.25) is 9.69 Å². The number of thiazole rings is 1. The van der Waals surface area contributed by atoms with Crippen molar-refractivity contribution in [2.24, 2.45) is 0 Å². The summed E-state index contributed by atoms with van der Waals surface area (Å²) >= 11 is 1.47. The molecule has 0 aliphatic carbocycles. The Hall–Kier alpha value is -3.58. The SMILES string of the molecule is COc1cc(C(=O)N(c2nc3ccccc3s2)c2c(C)cccc2C)cc(OC)c1OC. The Morgan fingerprint density at radius 3 is 2.06 bits per heavy atom. The predicted molar refractivity (Wildman–Crippen MR) is 128 cm³/mol. The summed E-state index contributed by atoms with van der Waals surface area (Å²) in [6.07, 6.45) is 0. The number of benzene rings is 3. The third kappa shape index (κ3) is 3.76. The van der Waals surface area contributed by atoms with Gasteiger partial charge >= 0.3 is 0 Å². The molecule has 0 aliphatic heterocycles. The van der Waals surface area contributed by atoms with Crippen molar-refractivity contribution in [1.82, 2.24) is 4.98 Å². The van der Waals surface area contributed by atoms with Crippen LogP contribution in [0, 0.1) is 13.8 Å². The third-order valence-corrected chi connectivity index (χ3v) is 6.27. The number of carbonyl (C=O) groups excluding carboxylic acids is 1. The van der Waals surface area contributed by atoms with E-state index in [4.69, 9.17) is 19.2 Å². The van der Waals surface area contributed by atoms with E-state index in [9.17, 15) is 4.79 Å². The van der Waals surface area contributed by atoms with Gasteiger partial charge in [0.15, 0.2) is 16.6 Å². The Bertz CT molecular complexity index is 1220. The summed E-state index contributed by atoms with van der Waals surface area (Å²) in [5.41, 5.74) is 4.02. The number of amides is 1. The quantitative estimate of drug-likeness (QED) is 0.367. The van der Waals surface area contributed by atoms with Gasteiger partial charge in [-0.1, -0.05) is 41.7 Å². The Balaban J connectivity index is 1.94. The molecule has 1 aromatic heterocycles. The van der Waals surface area contributed by atoms with Crippen LogP contribution in [0.4, 0.5) is 10.8 Å². The molecule has 0 unspecified atom stereocenters. The Labute approximate surface area is 191 Å². The van der Waals surface area contributed by atoms with Gasteiger partial charge in [-0.15, -0.1) is 0 Å². The first kappa shape index (κ1) is 21.6. The van der Waals surface area contributed by atoms with Gasteiger partial charge < -0.3 is 14.2 Å². The van der Waals surface area contributed by atoms with E-state index >= 15 is 0 Å². The van der Waals surface area contributed by atoms with E-state index in [0.29, 0.717) is 27.9 Å². The summed E-state index contributed by atoms with van der Waals surface area (Å²) in [6.45, 7) is 3.98. The second-order valence-corrected chi connectivity index (χ2v) is 8.27. The van der Waals surface area contributed by atoms with Gasteiger partial charge in [0, 0.05) is 5.56 Å². The fourth-order valence-corrected chi connectivity index (χ4v) is 4.70. The lowest BCUT2D eigenvalue weighted by atomic mass is 10.1. The maximum Gasteiger partial charge on any atom is 0.264 e. The first-order valence-electron chi connectivity index (χ1n) is 10.0. The van der Waals surface area contributed by atoms with Crippen LogP contribution >= 0.6 is 11.3 Å². The van der Waals surface area contributed by atoms with Gasteiger partial charge in [0.05, 0.1) is 37.2 Å². The molecule has 0 bridgehead atoms. The molecule has 1 amide bonds. The molecular formula is C25H24N2O4S. The minimum Gasteiger partial charge on any atom is -0.493 e. The van der Waals surface area contributed by atoms with Crippen LogP contribution in [-0.4, -0.2) is 32.2 Å². The number of hydrogen-bond acceptors (Lipinski definition) is 6. The van der Waals surface area contributed by atoms with Gasteiger partial charge in [-0.2, -0.15) is 0 Å². The molecule has 0 spiro atoms. The van der Waals surface area contributed by atoms with Crippen LogP contribution < -0.4 is 19.1 Å². The minimum atomic E-state index is -0.235. The number of para-hydroxylation sites is 2. The number of nitrogens with zero attached hydrogens (tertiary/aromatic N) is 2. The second kappa shape index (κ2) is 8.88. The van der Waals surface area contributed by atoms with Gasteiger partial charge in [-0.25, -0.2) is 4.98 Å². The van der Waals surface area contributed by atoms with E-state index in [1.165, 1.54) is 32.7 Å². The molecule has 0 saturated carbocycles. The van der Waals surface area contributed by atoms with E-state index in [-0.39, 0.29) is 5.91 Å². The molecular weight excluding hydrogens is 424 g/mol. The first-order chi connectivity index (χ1) is 15.5. The molecule has 6 nitrogen and oxygen atoms in total. The second-order valence-electron chi connectivity index (χ2n) is 7.26. The van der Waals surface area contributed by atoms with Crippen LogP contribution in [-0.2, 0) is 0 Å². The van der Waals surface area contributed by atoms with Crippen molar-refractivity contribution in [3.8, 4) is 17.2 Å². The zero-order valence-electron chi connectivity index (χ0n) is 18.6. The summed E-state index contributed by atoms with van der Waals surface area (Å²) in [6, 6.07) is 17.1. The van der Waals surface area contributed by atoms with Crippen LogP contribution in [0.5, 0.6) is 17.2 Å². The predicted octanol–water partition coefficient (Wildman–Crippen LogP) is 5.92. The molecule has 32 heavy (non-hydrogen) atoms. The smallest absolute Gasteiger partial charge is 0.264 e. The topological polar surface area (TPSA) is 60.9 Å². The van der Waals surface area contributed by atoms with Gasteiger partial charge in [-0.05, 0) is 49.2 Å². The fourth-order valence-electron chi connectivity index (χ4n) is 3.73. The standard InChI is InChI=1S/C25H24N2O4S/c1-15-9-8-10-16(2)22(15)27(25-26-18-11-6-7-12-21(18)32-25)24(28)17-13-19(29-3)23(31-5)20(14-17)30-4/h6-14H,1-5H3. The molecule has 0 aliphatic rings. The van der Waals surface area contributed by atoms with Crippen LogP contribution in [0.1, 0.15) is 21.5 Å². The monoisotopic (exact) mass is 448 g/mol. The fraction of sp³-hybridized carbons (Fsp3) is 0.200. The Morgan fingerprint density at radius 1 is 0.875 bits per heavy atom. The van der Waals surface area contributed by atoms with E-state index < -0.39 is 0 Å². The van der Waals surface area contributed by atoms with Gasteiger partial charge in [0.1, 0.15) is 0 Å².